The van der Waals surface area contributed by atoms with Gasteiger partial charge in [-0.05, 0) is 43.4 Å². The van der Waals surface area contributed by atoms with Crippen molar-refractivity contribution >= 4 is 27.5 Å². The number of nitrogens with zero attached hydrogens (tertiary/aromatic N) is 2. The van der Waals surface area contributed by atoms with Crippen molar-refractivity contribution in [2.75, 3.05) is 25.5 Å². The van der Waals surface area contributed by atoms with Crippen LogP contribution < -0.4 is 5.32 Å². The van der Waals surface area contributed by atoms with Gasteiger partial charge in [-0.1, -0.05) is 22.0 Å². The number of rotatable bonds is 6. The van der Waals surface area contributed by atoms with Crippen molar-refractivity contribution in [1.29, 1.82) is 0 Å². The average molecular weight is 348 g/mol. The molecule has 0 atom stereocenters. The monoisotopic (exact) mass is 347 g/mol. The summed E-state index contributed by atoms with van der Waals surface area (Å²) in [4.78, 5) is 18.2. The van der Waals surface area contributed by atoms with E-state index in [0.717, 1.165) is 28.8 Å². The van der Waals surface area contributed by atoms with Crippen LogP contribution in [0, 0.1) is 0 Å². The van der Waals surface area contributed by atoms with Crippen LogP contribution in [0.25, 0.3) is 0 Å². The number of anilines is 1. The second-order valence-electron chi connectivity index (χ2n) is 4.86. The predicted octanol–water partition coefficient (Wildman–Crippen LogP) is 2.96. The van der Waals surface area contributed by atoms with Gasteiger partial charge in [0, 0.05) is 35.0 Å². The molecule has 0 spiro atoms. The van der Waals surface area contributed by atoms with Crippen LogP contribution in [0.5, 0.6) is 0 Å². The second kappa shape index (κ2) is 7.90. The van der Waals surface area contributed by atoms with Crippen molar-refractivity contribution in [2.45, 2.75) is 6.42 Å². The van der Waals surface area contributed by atoms with E-state index >= 15 is 0 Å². The highest BCUT2D eigenvalue weighted by Gasteiger charge is 2.07. The van der Waals surface area contributed by atoms with Crippen LogP contribution in [0.15, 0.2) is 53.1 Å². The zero-order valence-corrected chi connectivity index (χ0v) is 13.5. The number of nitrogens with one attached hydrogen (secondary N) is 1. The highest BCUT2D eigenvalue weighted by molar-refractivity contribution is 9.10. The fourth-order valence-corrected chi connectivity index (χ4v) is 2.17. The molecule has 0 aliphatic heterocycles. The molecule has 0 bridgehead atoms. The van der Waals surface area contributed by atoms with Gasteiger partial charge in [-0.15, -0.1) is 0 Å². The van der Waals surface area contributed by atoms with Crippen LogP contribution >= 0.6 is 15.9 Å². The minimum absolute atomic E-state index is 0.0131. The third-order valence-electron chi connectivity index (χ3n) is 3.02. The Hall–Kier alpha value is -1.72. The molecule has 4 nitrogen and oxygen atoms in total. The highest BCUT2D eigenvalue weighted by Crippen LogP contribution is 2.13. The van der Waals surface area contributed by atoms with Crippen molar-refractivity contribution in [3.63, 3.8) is 0 Å². The lowest BCUT2D eigenvalue weighted by molar-refractivity contribution is -0.117. The first-order valence-corrected chi connectivity index (χ1v) is 7.56. The smallest absolute Gasteiger partial charge is 0.238 e. The molecule has 0 unspecified atom stereocenters. The molecule has 0 radical (unpaired) electrons. The van der Waals surface area contributed by atoms with E-state index in [1.54, 1.807) is 6.20 Å². The van der Waals surface area contributed by atoms with Gasteiger partial charge in [0.1, 0.15) is 0 Å². The number of hydrogen-bond acceptors (Lipinski definition) is 3. The van der Waals surface area contributed by atoms with Crippen molar-refractivity contribution in [2.24, 2.45) is 0 Å². The molecule has 21 heavy (non-hydrogen) atoms. The molecule has 0 saturated heterocycles. The lowest BCUT2D eigenvalue weighted by Crippen LogP contribution is -2.31. The maximum atomic E-state index is 11.9. The molecule has 1 aromatic heterocycles. The van der Waals surface area contributed by atoms with E-state index in [9.17, 15) is 4.79 Å². The first-order chi connectivity index (χ1) is 10.1. The molecule has 1 aromatic carbocycles. The van der Waals surface area contributed by atoms with Gasteiger partial charge in [0.15, 0.2) is 0 Å². The predicted molar refractivity (Wildman–Crippen MR) is 88.2 cm³/mol. The maximum Gasteiger partial charge on any atom is 0.238 e. The SMILES string of the molecule is CN(CCc1ccccn1)CC(=O)Nc1ccc(Br)cc1. The summed E-state index contributed by atoms with van der Waals surface area (Å²) in [5.41, 5.74) is 1.85. The summed E-state index contributed by atoms with van der Waals surface area (Å²) in [6.07, 6.45) is 2.62. The van der Waals surface area contributed by atoms with Crippen LogP contribution in [-0.4, -0.2) is 35.9 Å². The van der Waals surface area contributed by atoms with Crippen LogP contribution in [0.2, 0.25) is 0 Å². The third-order valence-corrected chi connectivity index (χ3v) is 3.55. The minimum Gasteiger partial charge on any atom is -0.325 e. The van der Waals surface area contributed by atoms with Crippen molar-refractivity contribution < 1.29 is 4.79 Å². The van der Waals surface area contributed by atoms with E-state index in [-0.39, 0.29) is 5.91 Å². The zero-order valence-electron chi connectivity index (χ0n) is 11.9. The average Bonchev–Trinajstić information content (AvgIpc) is 2.48. The number of carbonyl (C=O) groups excluding carboxylic acids is 1. The van der Waals surface area contributed by atoms with Crippen molar-refractivity contribution in [3.8, 4) is 0 Å². The lowest BCUT2D eigenvalue weighted by Gasteiger charge is -2.16. The number of halogens is 1. The molecule has 2 aromatic rings. The van der Waals surface area contributed by atoms with Gasteiger partial charge in [0.25, 0.3) is 0 Å². The van der Waals surface area contributed by atoms with E-state index in [0.29, 0.717) is 6.54 Å². The molecule has 5 heteroatoms. The molecule has 0 aliphatic carbocycles. The van der Waals surface area contributed by atoms with Crippen molar-refractivity contribution in [3.05, 3.63) is 58.8 Å². The van der Waals surface area contributed by atoms with Crippen LogP contribution in [0.3, 0.4) is 0 Å². The van der Waals surface area contributed by atoms with Gasteiger partial charge in [-0.2, -0.15) is 0 Å². The number of benzene rings is 1. The fraction of sp³-hybridized carbons (Fsp3) is 0.250. The highest BCUT2D eigenvalue weighted by atomic mass is 79.9. The van der Waals surface area contributed by atoms with Crippen LogP contribution in [-0.2, 0) is 11.2 Å². The second-order valence-corrected chi connectivity index (χ2v) is 5.78. The Balaban J connectivity index is 1.75. The molecule has 1 heterocycles. The summed E-state index contributed by atoms with van der Waals surface area (Å²) in [6, 6.07) is 13.4. The molecular formula is C16H18BrN3O. The zero-order chi connectivity index (χ0) is 15.1. The standard InChI is InChI=1S/C16H18BrN3O/c1-20(11-9-14-4-2-3-10-18-14)12-16(21)19-15-7-5-13(17)6-8-15/h2-8,10H,9,11-12H2,1H3,(H,19,21). The van der Waals surface area contributed by atoms with E-state index in [1.807, 2.05) is 54.4 Å². The van der Waals surface area contributed by atoms with E-state index in [1.165, 1.54) is 0 Å². The lowest BCUT2D eigenvalue weighted by atomic mass is 10.2. The first kappa shape index (κ1) is 15.7. The minimum atomic E-state index is -0.0131. The Morgan fingerprint density at radius 3 is 2.67 bits per heavy atom. The number of likely N-dealkylation sites (N-methyl/N-ethyl adjacent to an activating group) is 1. The van der Waals surface area contributed by atoms with Crippen LogP contribution in [0.4, 0.5) is 5.69 Å². The maximum absolute atomic E-state index is 11.9. The summed E-state index contributed by atoms with van der Waals surface area (Å²) >= 11 is 3.37. The molecule has 0 saturated carbocycles. The van der Waals surface area contributed by atoms with E-state index < -0.39 is 0 Å². The normalized spacial score (nSPS) is 10.6. The van der Waals surface area contributed by atoms with Gasteiger partial charge < -0.3 is 5.32 Å². The number of carbonyl (C=O) groups is 1. The topological polar surface area (TPSA) is 45.2 Å². The Morgan fingerprint density at radius 1 is 1.24 bits per heavy atom. The summed E-state index contributed by atoms with van der Waals surface area (Å²) in [7, 11) is 1.93. The van der Waals surface area contributed by atoms with Gasteiger partial charge >= 0.3 is 0 Å². The molecule has 2 rings (SSSR count). The molecular weight excluding hydrogens is 330 g/mol. The Morgan fingerprint density at radius 2 is 2.00 bits per heavy atom. The first-order valence-electron chi connectivity index (χ1n) is 6.77. The molecule has 0 aliphatic rings. The Labute approximate surface area is 133 Å². The van der Waals surface area contributed by atoms with Gasteiger partial charge in [0.2, 0.25) is 5.91 Å². The summed E-state index contributed by atoms with van der Waals surface area (Å²) < 4.78 is 0.993. The van der Waals surface area contributed by atoms with Crippen molar-refractivity contribution in [1.82, 2.24) is 9.88 Å². The van der Waals surface area contributed by atoms with Crippen LogP contribution in [0.1, 0.15) is 5.69 Å². The molecule has 110 valence electrons. The number of aromatic nitrogens is 1. The Kier molecular flexibility index (Phi) is 5.90. The summed E-state index contributed by atoms with van der Waals surface area (Å²) in [5, 5.41) is 2.88. The van der Waals surface area contributed by atoms with Gasteiger partial charge in [-0.3, -0.25) is 14.7 Å². The number of amides is 1. The molecule has 1 amide bonds. The summed E-state index contributed by atoms with van der Waals surface area (Å²) in [5.74, 6) is -0.0131. The van der Waals surface area contributed by atoms with Gasteiger partial charge in [-0.25, -0.2) is 0 Å². The summed E-state index contributed by atoms with van der Waals surface area (Å²) in [6.45, 7) is 1.16. The largest absolute Gasteiger partial charge is 0.325 e. The van der Waals surface area contributed by atoms with E-state index in [2.05, 4.69) is 26.2 Å². The third kappa shape index (κ3) is 5.65. The quantitative estimate of drug-likeness (QED) is 0.873. The Bertz CT molecular complexity index is 572. The number of hydrogen-bond donors (Lipinski definition) is 1. The number of pyridine rings is 1. The fourth-order valence-electron chi connectivity index (χ4n) is 1.91. The molecule has 0 fully saturated rings. The van der Waals surface area contributed by atoms with Gasteiger partial charge in [0.05, 0.1) is 6.54 Å². The molecule has 1 N–H and O–H groups in total. The van der Waals surface area contributed by atoms with E-state index in [4.69, 9.17) is 0 Å².